The highest BCUT2D eigenvalue weighted by atomic mass is 16.5. The Morgan fingerprint density at radius 2 is 1.71 bits per heavy atom. The number of rotatable bonds is 7. The van der Waals surface area contributed by atoms with E-state index in [9.17, 15) is 14.4 Å². The number of ether oxygens (including phenoxy) is 1. The van der Waals surface area contributed by atoms with Crippen LogP contribution in [0.15, 0.2) is 71.5 Å². The lowest BCUT2D eigenvalue weighted by Gasteiger charge is -2.29. The summed E-state index contributed by atoms with van der Waals surface area (Å²) in [5, 5.41) is 2.83. The molecule has 4 rings (SSSR count). The van der Waals surface area contributed by atoms with Crippen LogP contribution < -0.4 is 15.8 Å². The number of H-pyrrole nitrogens is 1. The summed E-state index contributed by atoms with van der Waals surface area (Å²) in [5.74, 6) is -0.812. The maximum Gasteiger partial charge on any atom is 0.261 e. The van der Waals surface area contributed by atoms with Gasteiger partial charge in [-0.2, -0.15) is 0 Å². The number of likely N-dealkylation sites (N-methyl/N-ethyl adjacent to an activating group) is 1. The fourth-order valence-corrected chi connectivity index (χ4v) is 3.88. The molecule has 1 aliphatic heterocycles. The zero-order valence-electron chi connectivity index (χ0n) is 19.1. The van der Waals surface area contributed by atoms with E-state index in [1.54, 1.807) is 13.0 Å². The van der Waals surface area contributed by atoms with Crippen molar-refractivity contribution in [2.24, 2.45) is 0 Å². The molecule has 2 N–H and O–H groups in total. The number of aromatic nitrogens is 1. The first-order valence-corrected chi connectivity index (χ1v) is 11.4. The number of carbonyl (C=O) groups is 2. The van der Waals surface area contributed by atoms with Gasteiger partial charge in [-0.3, -0.25) is 14.4 Å². The lowest BCUT2D eigenvalue weighted by Crippen LogP contribution is -2.40. The molecule has 0 atom stereocenters. The number of nitrogens with zero attached hydrogens (tertiary/aromatic N) is 2. The van der Waals surface area contributed by atoms with Crippen LogP contribution in [0, 0.1) is 0 Å². The largest absolute Gasteiger partial charge is 0.378 e. The van der Waals surface area contributed by atoms with Gasteiger partial charge in [-0.15, -0.1) is 0 Å². The first kappa shape index (κ1) is 23.3. The van der Waals surface area contributed by atoms with E-state index >= 15 is 0 Å². The second-order valence-corrected chi connectivity index (χ2v) is 7.99. The molecule has 1 fully saturated rings. The molecule has 0 aliphatic carbocycles. The minimum absolute atomic E-state index is 0.00388. The van der Waals surface area contributed by atoms with Crippen molar-refractivity contribution in [2.75, 3.05) is 49.6 Å². The number of benzene rings is 2. The Balaban J connectivity index is 1.39. The van der Waals surface area contributed by atoms with Gasteiger partial charge in [0.15, 0.2) is 0 Å². The van der Waals surface area contributed by atoms with E-state index in [0.29, 0.717) is 31.1 Å². The monoisotopic (exact) mass is 460 g/mol. The summed E-state index contributed by atoms with van der Waals surface area (Å²) in [6.07, 6.45) is 0. The summed E-state index contributed by atoms with van der Waals surface area (Å²) in [5.41, 5.74) is 2.72. The number of pyridine rings is 1. The molecular formula is C26H28N4O4. The van der Waals surface area contributed by atoms with Crippen LogP contribution in [0.5, 0.6) is 0 Å². The van der Waals surface area contributed by atoms with Crippen molar-refractivity contribution in [2.45, 2.75) is 6.92 Å². The van der Waals surface area contributed by atoms with Crippen LogP contribution in [0.25, 0.3) is 11.3 Å². The predicted octanol–water partition coefficient (Wildman–Crippen LogP) is 2.98. The lowest BCUT2D eigenvalue weighted by atomic mass is 10.1. The summed E-state index contributed by atoms with van der Waals surface area (Å²) in [6, 6.07) is 20.2. The van der Waals surface area contributed by atoms with E-state index in [1.807, 2.05) is 54.6 Å². The molecule has 1 saturated heterocycles. The van der Waals surface area contributed by atoms with Gasteiger partial charge in [-0.1, -0.05) is 30.3 Å². The van der Waals surface area contributed by atoms with Crippen LogP contribution in [-0.4, -0.2) is 61.1 Å². The topological polar surface area (TPSA) is 94.7 Å². The zero-order valence-corrected chi connectivity index (χ0v) is 19.1. The van der Waals surface area contributed by atoms with E-state index in [1.165, 1.54) is 11.0 Å². The molecule has 1 aliphatic rings. The molecule has 0 radical (unpaired) electrons. The molecule has 2 amide bonds. The Hall–Kier alpha value is -3.91. The van der Waals surface area contributed by atoms with Crippen LogP contribution >= 0.6 is 0 Å². The van der Waals surface area contributed by atoms with Crippen molar-refractivity contribution in [1.29, 1.82) is 0 Å². The third-order valence-corrected chi connectivity index (χ3v) is 5.76. The average Bonchev–Trinajstić information content (AvgIpc) is 2.88. The fourth-order valence-electron chi connectivity index (χ4n) is 3.88. The number of hydrogen-bond acceptors (Lipinski definition) is 5. The molecule has 1 aromatic heterocycles. The number of aromatic amines is 1. The summed E-state index contributed by atoms with van der Waals surface area (Å²) < 4.78 is 5.38. The van der Waals surface area contributed by atoms with Crippen molar-refractivity contribution >= 4 is 23.2 Å². The molecule has 3 aromatic rings. The van der Waals surface area contributed by atoms with Gasteiger partial charge >= 0.3 is 0 Å². The molecule has 8 heteroatoms. The van der Waals surface area contributed by atoms with Crippen LogP contribution in [0.2, 0.25) is 0 Å². The van der Waals surface area contributed by atoms with Gasteiger partial charge in [0.1, 0.15) is 12.1 Å². The Morgan fingerprint density at radius 1 is 1.00 bits per heavy atom. The van der Waals surface area contributed by atoms with Gasteiger partial charge in [0, 0.05) is 36.7 Å². The number of anilines is 2. The molecule has 0 unspecified atom stereocenters. The van der Waals surface area contributed by atoms with Gasteiger partial charge in [-0.05, 0) is 48.9 Å². The van der Waals surface area contributed by atoms with Crippen LogP contribution in [0.3, 0.4) is 0 Å². The molecule has 8 nitrogen and oxygen atoms in total. The summed E-state index contributed by atoms with van der Waals surface area (Å²) >= 11 is 0. The number of nitrogens with one attached hydrogen (secondary N) is 2. The Bertz CT molecular complexity index is 1190. The maximum absolute atomic E-state index is 13.0. The molecule has 0 spiro atoms. The SMILES string of the molecule is CCN(CC(=O)Nc1ccc(N2CCOCC2)cc1)C(=O)c1ccc(-c2ccccc2)[nH]c1=O. The molecule has 34 heavy (non-hydrogen) atoms. The smallest absolute Gasteiger partial charge is 0.261 e. The molecule has 176 valence electrons. The van der Waals surface area contributed by atoms with Gasteiger partial charge < -0.3 is 24.8 Å². The van der Waals surface area contributed by atoms with Gasteiger partial charge in [0.25, 0.3) is 11.5 Å². The fraction of sp³-hybridized carbons (Fsp3) is 0.269. The molecule has 0 bridgehead atoms. The summed E-state index contributed by atoms with van der Waals surface area (Å²) in [6.45, 7) is 5.00. The molecule has 2 heterocycles. The standard InChI is InChI=1S/C26H28N4O4/c1-2-29(26(33)22-12-13-23(28-25(22)32)19-6-4-3-5-7-19)18-24(31)27-20-8-10-21(11-9-20)30-14-16-34-17-15-30/h3-13H,2,14-18H2,1H3,(H,27,31)(H,28,32). The quantitative estimate of drug-likeness (QED) is 0.565. The first-order chi connectivity index (χ1) is 16.5. The molecular weight excluding hydrogens is 432 g/mol. The van der Waals surface area contributed by atoms with Gasteiger partial charge in [0.2, 0.25) is 5.91 Å². The minimum atomic E-state index is -0.485. The van der Waals surface area contributed by atoms with E-state index in [4.69, 9.17) is 4.74 Å². The van der Waals surface area contributed by atoms with E-state index in [-0.39, 0.29) is 18.0 Å². The molecule has 2 aromatic carbocycles. The second kappa shape index (κ2) is 10.8. The normalized spacial score (nSPS) is 13.4. The third kappa shape index (κ3) is 5.52. The molecule has 0 saturated carbocycles. The van der Waals surface area contributed by atoms with Crippen molar-refractivity contribution in [3.05, 3.63) is 82.6 Å². The predicted molar refractivity (Wildman–Crippen MR) is 132 cm³/mol. The van der Waals surface area contributed by atoms with Gasteiger partial charge in [-0.25, -0.2) is 0 Å². The van der Waals surface area contributed by atoms with E-state index in [0.717, 1.165) is 24.3 Å². The number of amides is 2. The van der Waals surface area contributed by atoms with Crippen LogP contribution in [0.1, 0.15) is 17.3 Å². The highest BCUT2D eigenvalue weighted by Gasteiger charge is 2.20. The lowest BCUT2D eigenvalue weighted by molar-refractivity contribution is -0.116. The average molecular weight is 461 g/mol. The van der Waals surface area contributed by atoms with Crippen molar-refractivity contribution in [3.8, 4) is 11.3 Å². The number of morpholine rings is 1. The van der Waals surface area contributed by atoms with Crippen LogP contribution in [-0.2, 0) is 9.53 Å². The van der Waals surface area contributed by atoms with Crippen molar-refractivity contribution in [1.82, 2.24) is 9.88 Å². The number of hydrogen-bond donors (Lipinski definition) is 2. The summed E-state index contributed by atoms with van der Waals surface area (Å²) in [4.78, 5) is 44.5. The number of carbonyl (C=O) groups excluding carboxylic acids is 2. The first-order valence-electron chi connectivity index (χ1n) is 11.4. The highest BCUT2D eigenvalue weighted by molar-refractivity contribution is 5.99. The second-order valence-electron chi connectivity index (χ2n) is 7.99. The van der Waals surface area contributed by atoms with E-state index in [2.05, 4.69) is 15.2 Å². The summed E-state index contributed by atoms with van der Waals surface area (Å²) in [7, 11) is 0. The Morgan fingerprint density at radius 3 is 2.35 bits per heavy atom. The Labute approximate surface area is 198 Å². The van der Waals surface area contributed by atoms with Crippen LogP contribution in [0.4, 0.5) is 11.4 Å². The third-order valence-electron chi connectivity index (χ3n) is 5.76. The zero-order chi connectivity index (χ0) is 23.9. The minimum Gasteiger partial charge on any atom is -0.378 e. The van der Waals surface area contributed by atoms with Gasteiger partial charge in [0.05, 0.1) is 13.2 Å². The van der Waals surface area contributed by atoms with Crippen molar-refractivity contribution < 1.29 is 14.3 Å². The Kier molecular flexibility index (Phi) is 7.39. The highest BCUT2D eigenvalue weighted by Crippen LogP contribution is 2.19. The van der Waals surface area contributed by atoms with E-state index < -0.39 is 11.5 Å². The van der Waals surface area contributed by atoms with Crippen molar-refractivity contribution in [3.63, 3.8) is 0 Å². The maximum atomic E-state index is 13.0.